The SMILES string of the molecule is NC1=[N+](CCc2ccc(O)cc2)C(=O)CC1. The van der Waals surface area contributed by atoms with Gasteiger partial charge in [-0.2, -0.15) is 0 Å². The van der Waals surface area contributed by atoms with Gasteiger partial charge >= 0.3 is 5.91 Å². The van der Waals surface area contributed by atoms with Crippen molar-refractivity contribution in [3.05, 3.63) is 29.8 Å². The number of phenolic OH excluding ortho intramolecular Hbond substituents is 1. The number of rotatable bonds is 3. The fourth-order valence-corrected chi connectivity index (χ4v) is 1.84. The van der Waals surface area contributed by atoms with E-state index in [4.69, 9.17) is 10.8 Å². The van der Waals surface area contributed by atoms with Crippen LogP contribution in [0.1, 0.15) is 18.4 Å². The topological polar surface area (TPSA) is 66.3 Å². The molecule has 16 heavy (non-hydrogen) atoms. The molecule has 0 aromatic heterocycles. The lowest BCUT2D eigenvalue weighted by atomic mass is 10.1. The Labute approximate surface area is 94.0 Å². The molecule has 4 nitrogen and oxygen atoms in total. The van der Waals surface area contributed by atoms with E-state index in [1.807, 2.05) is 12.1 Å². The molecule has 1 aliphatic rings. The van der Waals surface area contributed by atoms with Crippen LogP contribution in [-0.4, -0.2) is 28.0 Å². The summed E-state index contributed by atoms with van der Waals surface area (Å²) < 4.78 is 1.65. The van der Waals surface area contributed by atoms with E-state index < -0.39 is 0 Å². The fourth-order valence-electron chi connectivity index (χ4n) is 1.84. The molecule has 0 saturated carbocycles. The Morgan fingerprint density at radius 2 is 1.94 bits per heavy atom. The van der Waals surface area contributed by atoms with Gasteiger partial charge in [-0.25, -0.2) is 9.37 Å². The Morgan fingerprint density at radius 3 is 2.50 bits per heavy atom. The van der Waals surface area contributed by atoms with Crippen LogP contribution in [0, 0.1) is 0 Å². The summed E-state index contributed by atoms with van der Waals surface area (Å²) in [5, 5.41) is 9.13. The minimum absolute atomic E-state index is 0.108. The van der Waals surface area contributed by atoms with E-state index in [1.165, 1.54) is 0 Å². The summed E-state index contributed by atoms with van der Waals surface area (Å²) in [7, 11) is 0. The third kappa shape index (κ3) is 2.21. The first-order valence-corrected chi connectivity index (χ1v) is 5.36. The van der Waals surface area contributed by atoms with Gasteiger partial charge in [-0.1, -0.05) is 12.1 Å². The molecule has 1 amide bonds. The standard InChI is InChI=1S/C12H14N2O2/c13-11-5-6-12(16)14(11)8-7-9-1-3-10(15)4-2-9/h1-4,13,15H,5-8H2/p+1. The van der Waals surface area contributed by atoms with Gasteiger partial charge in [-0.15, -0.1) is 0 Å². The third-order valence-corrected chi connectivity index (χ3v) is 2.80. The minimum Gasteiger partial charge on any atom is -0.508 e. The first-order valence-electron chi connectivity index (χ1n) is 5.36. The second-order valence-electron chi connectivity index (χ2n) is 3.95. The maximum Gasteiger partial charge on any atom is 0.309 e. The second-order valence-corrected chi connectivity index (χ2v) is 3.95. The lowest BCUT2D eigenvalue weighted by Gasteiger charge is -2.02. The average molecular weight is 219 g/mol. The van der Waals surface area contributed by atoms with Crippen LogP contribution in [0.5, 0.6) is 5.75 Å². The Kier molecular flexibility index (Phi) is 2.90. The summed E-state index contributed by atoms with van der Waals surface area (Å²) in [5.74, 6) is 1.03. The van der Waals surface area contributed by atoms with Crippen molar-refractivity contribution in [2.24, 2.45) is 5.73 Å². The van der Waals surface area contributed by atoms with Crippen molar-refractivity contribution in [2.75, 3.05) is 6.54 Å². The predicted molar refractivity (Wildman–Crippen MR) is 60.4 cm³/mol. The zero-order chi connectivity index (χ0) is 11.5. The van der Waals surface area contributed by atoms with Gasteiger partial charge in [0.25, 0.3) is 5.84 Å². The van der Waals surface area contributed by atoms with Crippen LogP contribution in [0.2, 0.25) is 0 Å². The highest BCUT2D eigenvalue weighted by Gasteiger charge is 2.25. The molecule has 0 aliphatic carbocycles. The van der Waals surface area contributed by atoms with Gasteiger partial charge in [0.15, 0.2) is 0 Å². The highest BCUT2D eigenvalue weighted by atomic mass is 16.3. The molecule has 0 atom stereocenters. The maximum atomic E-state index is 11.4. The number of phenols is 1. The van der Waals surface area contributed by atoms with Crippen molar-refractivity contribution in [1.29, 1.82) is 0 Å². The number of hydrogen-bond donors (Lipinski definition) is 2. The monoisotopic (exact) mass is 219 g/mol. The van der Waals surface area contributed by atoms with Gasteiger partial charge in [-0.3, -0.25) is 5.73 Å². The number of hydrogen-bond acceptors (Lipinski definition) is 3. The van der Waals surface area contributed by atoms with Gasteiger partial charge < -0.3 is 5.11 Å². The molecule has 1 aliphatic heterocycles. The van der Waals surface area contributed by atoms with Crippen LogP contribution in [0.3, 0.4) is 0 Å². The maximum absolute atomic E-state index is 11.4. The Morgan fingerprint density at radius 1 is 1.25 bits per heavy atom. The lowest BCUT2D eigenvalue weighted by molar-refractivity contribution is -0.444. The first kappa shape index (κ1) is 10.7. The van der Waals surface area contributed by atoms with E-state index in [-0.39, 0.29) is 11.7 Å². The van der Waals surface area contributed by atoms with Crippen LogP contribution >= 0.6 is 0 Å². The Bertz CT molecular complexity index is 435. The molecular weight excluding hydrogens is 204 g/mol. The summed E-state index contributed by atoms with van der Waals surface area (Å²) >= 11 is 0. The number of nitrogens with zero attached hydrogens (tertiary/aromatic N) is 1. The fraction of sp³-hybridized carbons (Fsp3) is 0.333. The molecule has 0 unspecified atom stereocenters. The van der Waals surface area contributed by atoms with Crippen LogP contribution in [0.25, 0.3) is 0 Å². The molecule has 1 aromatic carbocycles. The Hall–Kier alpha value is -1.84. The summed E-state index contributed by atoms with van der Waals surface area (Å²) in [6, 6.07) is 7.00. The van der Waals surface area contributed by atoms with Crippen molar-refractivity contribution in [3.63, 3.8) is 0 Å². The highest BCUT2D eigenvalue weighted by Crippen LogP contribution is 2.11. The smallest absolute Gasteiger partial charge is 0.309 e. The molecule has 1 heterocycles. The minimum atomic E-state index is 0.108. The molecular formula is C12H15N2O2+. The zero-order valence-corrected chi connectivity index (χ0v) is 9.02. The summed E-state index contributed by atoms with van der Waals surface area (Å²) in [5.41, 5.74) is 6.83. The van der Waals surface area contributed by atoms with Gasteiger partial charge in [-0.05, 0) is 17.7 Å². The molecule has 84 valence electrons. The number of nitrogens with two attached hydrogens (primary N) is 1. The summed E-state index contributed by atoms with van der Waals surface area (Å²) in [6.45, 7) is 0.620. The second kappa shape index (κ2) is 4.35. The third-order valence-electron chi connectivity index (χ3n) is 2.80. The number of amides is 1. The van der Waals surface area contributed by atoms with E-state index in [9.17, 15) is 4.79 Å². The number of aromatic hydroxyl groups is 1. The molecule has 0 fully saturated rings. The molecule has 4 heteroatoms. The van der Waals surface area contributed by atoms with Crippen molar-refractivity contribution in [2.45, 2.75) is 19.3 Å². The molecule has 0 bridgehead atoms. The van der Waals surface area contributed by atoms with Crippen molar-refractivity contribution < 1.29 is 14.5 Å². The lowest BCUT2D eigenvalue weighted by Crippen LogP contribution is -2.27. The van der Waals surface area contributed by atoms with Crippen LogP contribution < -0.4 is 5.73 Å². The molecule has 3 N–H and O–H groups in total. The van der Waals surface area contributed by atoms with Gasteiger partial charge in [0.05, 0.1) is 19.4 Å². The van der Waals surface area contributed by atoms with Gasteiger partial charge in [0, 0.05) is 6.42 Å². The van der Waals surface area contributed by atoms with Crippen LogP contribution in [0.4, 0.5) is 0 Å². The van der Waals surface area contributed by atoms with Gasteiger partial charge in [0.1, 0.15) is 5.75 Å². The number of amidine groups is 1. The zero-order valence-electron chi connectivity index (χ0n) is 9.02. The molecule has 0 radical (unpaired) electrons. The molecule has 0 saturated heterocycles. The van der Waals surface area contributed by atoms with Crippen LogP contribution in [0.15, 0.2) is 24.3 Å². The molecule has 0 spiro atoms. The van der Waals surface area contributed by atoms with Crippen molar-refractivity contribution in [3.8, 4) is 5.75 Å². The predicted octanol–water partition coefficient (Wildman–Crippen LogP) is 0.625. The van der Waals surface area contributed by atoms with Gasteiger partial charge in [0.2, 0.25) is 0 Å². The number of benzene rings is 1. The van der Waals surface area contributed by atoms with E-state index >= 15 is 0 Å². The largest absolute Gasteiger partial charge is 0.508 e. The summed E-state index contributed by atoms with van der Waals surface area (Å²) in [4.78, 5) is 11.4. The highest BCUT2D eigenvalue weighted by molar-refractivity contribution is 5.89. The number of carbonyl (C=O) groups is 1. The van der Waals surface area contributed by atoms with Crippen molar-refractivity contribution >= 4 is 11.7 Å². The van der Waals surface area contributed by atoms with E-state index in [0.29, 0.717) is 25.2 Å². The van der Waals surface area contributed by atoms with E-state index in [0.717, 1.165) is 12.0 Å². The average Bonchev–Trinajstić information content (AvgIpc) is 2.59. The normalized spacial score (nSPS) is 15.9. The number of carbonyl (C=O) groups excluding carboxylic acids is 1. The summed E-state index contributed by atoms with van der Waals surface area (Å²) in [6.07, 6.45) is 1.96. The quantitative estimate of drug-likeness (QED) is 0.732. The molecule has 2 rings (SSSR count). The van der Waals surface area contributed by atoms with Crippen molar-refractivity contribution in [1.82, 2.24) is 0 Å². The van der Waals surface area contributed by atoms with E-state index in [2.05, 4.69) is 0 Å². The van der Waals surface area contributed by atoms with E-state index in [1.54, 1.807) is 16.7 Å². The molecule has 1 aromatic rings. The van der Waals surface area contributed by atoms with Crippen LogP contribution in [-0.2, 0) is 11.2 Å². The first-order chi connectivity index (χ1) is 7.66. The Balaban J connectivity index is 2.00.